The minimum Gasteiger partial charge on any atom is -0.383 e. The Hall–Kier alpha value is -0.700. The molecule has 0 rings (SSSR count). The predicted octanol–water partition coefficient (Wildman–Crippen LogP) is -0.601. The summed E-state index contributed by atoms with van der Waals surface area (Å²) in [5, 5.41) is 5.77. The molecule has 120 valence electrons. The van der Waals surface area contributed by atoms with Crippen LogP contribution in [0.5, 0.6) is 0 Å². The molecule has 0 aliphatic carbocycles. The summed E-state index contributed by atoms with van der Waals surface area (Å²) in [4.78, 5) is 11.5. The summed E-state index contributed by atoms with van der Waals surface area (Å²) in [5.41, 5.74) is 0. The second-order valence-electron chi connectivity index (χ2n) is 4.71. The summed E-state index contributed by atoms with van der Waals surface area (Å²) in [6.45, 7) is 5.90. The summed E-state index contributed by atoms with van der Waals surface area (Å²) in [6, 6.07) is -0.0184. The molecule has 0 fully saturated rings. The maximum atomic E-state index is 11.5. The standard InChI is InChI=1S/C12H27N3O4S/c1-5-15(20(4,17)18)8-6-7-13-9-12(16)14-11(2)10-19-3/h11,13H,5-10H2,1-4H3,(H,14,16). The first kappa shape index (κ1) is 19.3. The van der Waals surface area contributed by atoms with Crippen molar-refractivity contribution in [3.8, 4) is 0 Å². The van der Waals surface area contributed by atoms with Gasteiger partial charge in [-0.25, -0.2) is 12.7 Å². The van der Waals surface area contributed by atoms with Gasteiger partial charge in [-0.15, -0.1) is 0 Å². The first-order chi connectivity index (χ1) is 9.31. The van der Waals surface area contributed by atoms with Crippen LogP contribution in [0.25, 0.3) is 0 Å². The molecule has 0 saturated heterocycles. The van der Waals surface area contributed by atoms with E-state index in [1.807, 2.05) is 6.92 Å². The molecule has 0 aliphatic heterocycles. The lowest BCUT2D eigenvalue weighted by atomic mass is 10.3. The molecular weight excluding hydrogens is 282 g/mol. The van der Waals surface area contributed by atoms with E-state index in [1.54, 1.807) is 14.0 Å². The molecule has 1 atom stereocenters. The van der Waals surface area contributed by atoms with E-state index >= 15 is 0 Å². The van der Waals surface area contributed by atoms with Gasteiger partial charge in [0.1, 0.15) is 0 Å². The fourth-order valence-corrected chi connectivity index (χ4v) is 2.69. The Morgan fingerprint density at radius 1 is 1.40 bits per heavy atom. The van der Waals surface area contributed by atoms with Crippen molar-refractivity contribution < 1.29 is 17.9 Å². The Morgan fingerprint density at radius 3 is 2.55 bits per heavy atom. The molecule has 2 N–H and O–H groups in total. The SMILES string of the molecule is CCN(CCCNCC(=O)NC(C)COC)S(C)(=O)=O. The smallest absolute Gasteiger partial charge is 0.234 e. The van der Waals surface area contributed by atoms with E-state index in [0.717, 1.165) is 0 Å². The van der Waals surface area contributed by atoms with Crippen LogP contribution in [0.4, 0.5) is 0 Å². The van der Waals surface area contributed by atoms with Crippen LogP contribution in [0.15, 0.2) is 0 Å². The van der Waals surface area contributed by atoms with Crippen LogP contribution < -0.4 is 10.6 Å². The Bertz CT molecular complexity index is 373. The topological polar surface area (TPSA) is 87.7 Å². The van der Waals surface area contributed by atoms with Gasteiger partial charge in [0.15, 0.2) is 0 Å². The second kappa shape index (κ2) is 10.1. The van der Waals surface area contributed by atoms with Gasteiger partial charge in [-0.3, -0.25) is 4.79 Å². The number of nitrogens with zero attached hydrogens (tertiary/aromatic N) is 1. The third-order valence-corrected chi connectivity index (χ3v) is 4.07. The fourth-order valence-electron chi connectivity index (χ4n) is 1.76. The van der Waals surface area contributed by atoms with Crippen LogP contribution in [0.3, 0.4) is 0 Å². The van der Waals surface area contributed by atoms with Crippen LogP contribution in [0.1, 0.15) is 20.3 Å². The minimum atomic E-state index is -3.13. The molecule has 0 heterocycles. The Kier molecular flexibility index (Phi) is 9.74. The van der Waals surface area contributed by atoms with Crippen molar-refractivity contribution in [2.45, 2.75) is 26.3 Å². The largest absolute Gasteiger partial charge is 0.383 e. The van der Waals surface area contributed by atoms with Gasteiger partial charge in [-0.2, -0.15) is 0 Å². The average Bonchev–Trinajstić information content (AvgIpc) is 2.32. The third-order valence-electron chi connectivity index (χ3n) is 2.69. The van der Waals surface area contributed by atoms with E-state index < -0.39 is 10.0 Å². The molecular formula is C12H27N3O4S. The Morgan fingerprint density at radius 2 is 2.05 bits per heavy atom. The van der Waals surface area contributed by atoms with E-state index in [0.29, 0.717) is 32.7 Å². The lowest BCUT2D eigenvalue weighted by Gasteiger charge is -2.17. The summed E-state index contributed by atoms with van der Waals surface area (Å²) in [5.74, 6) is -0.0926. The van der Waals surface area contributed by atoms with Gasteiger partial charge in [0.25, 0.3) is 0 Å². The van der Waals surface area contributed by atoms with Crippen LogP contribution in [0, 0.1) is 0 Å². The first-order valence-corrected chi connectivity index (χ1v) is 8.60. The molecule has 0 saturated carbocycles. The van der Waals surface area contributed by atoms with Gasteiger partial charge in [0, 0.05) is 26.2 Å². The number of ether oxygens (including phenoxy) is 1. The quantitative estimate of drug-likeness (QED) is 0.498. The highest BCUT2D eigenvalue weighted by Crippen LogP contribution is 1.97. The van der Waals surface area contributed by atoms with E-state index in [9.17, 15) is 13.2 Å². The zero-order chi connectivity index (χ0) is 15.6. The molecule has 0 radical (unpaired) electrons. The summed E-state index contributed by atoms with van der Waals surface area (Å²) in [7, 11) is -1.54. The number of nitrogens with one attached hydrogen (secondary N) is 2. The molecule has 7 nitrogen and oxygen atoms in total. The molecule has 0 aromatic heterocycles. The fraction of sp³-hybridized carbons (Fsp3) is 0.917. The van der Waals surface area contributed by atoms with Crippen LogP contribution in [-0.2, 0) is 19.6 Å². The van der Waals surface area contributed by atoms with Gasteiger partial charge in [0.05, 0.1) is 19.4 Å². The number of amides is 1. The lowest BCUT2D eigenvalue weighted by Crippen LogP contribution is -2.41. The Balaban J connectivity index is 3.74. The van der Waals surface area contributed by atoms with Crippen molar-refractivity contribution in [1.29, 1.82) is 0 Å². The summed E-state index contributed by atoms with van der Waals surface area (Å²) in [6.07, 6.45) is 1.87. The maximum absolute atomic E-state index is 11.5. The number of hydrogen-bond acceptors (Lipinski definition) is 5. The Labute approximate surface area is 122 Å². The van der Waals surface area contributed by atoms with Gasteiger partial charge in [0.2, 0.25) is 15.9 Å². The highest BCUT2D eigenvalue weighted by atomic mass is 32.2. The van der Waals surface area contributed by atoms with Crippen LogP contribution >= 0.6 is 0 Å². The first-order valence-electron chi connectivity index (χ1n) is 6.75. The number of sulfonamides is 1. The highest BCUT2D eigenvalue weighted by molar-refractivity contribution is 7.88. The maximum Gasteiger partial charge on any atom is 0.234 e. The predicted molar refractivity (Wildman–Crippen MR) is 79.1 cm³/mol. The number of hydrogen-bond donors (Lipinski definition) is 2. The van der Waals surface area contributed by atoms with Crippen molar-refractivity contribution in [3.05, 3.63) is 0 Å². The van der Waals surface area contributed by atoms with Crippen molar-refractivity contribution in [2.24, 2.45) is 0 Å². The molecule has 0 bridgehead atoms. The van der Waals surface area contributed by atoms with Crippen molar-refractivity contribution in [2.75, 3.05) is 46.2 Å². The van der Waals surface area contributed by atoms with E-state index in [2.05, 4.69) is 10.6 Å². The van der Waals surface area contributed by atoms with Crippen LogP contribution in [0.2, 0.25) is 0 Å². The van der Waals surface area contributed by atoms with E-state index in [-0.39, 0.29) is 18.5 Å². The number of rotatable bonds is 11. The summed E-state index contributed by atoms with van der Waals surface area (Å²) < 4.78 is 29.0. The molecule has 0 aromatic rings. The second-order valence-corrected chi connectivity index (χ2v) is 6.69. The molecule has 1 unspecified atom stereocenters. The minimum absolute atomic E-state index is 0.0184. The molecule has 0 aromatic carbocycles. The number of methoxy groups -OCH3 is 1. The van der Waals surface area contributed by atoms with E-state index in [1.165, 1.54) is 10.6 Å². The molecule has 20 heavy (non-hydrogen) atoms. The van der Waals surface area contributed by atoms with Crippen molar-refractivity contribution in [3.63, 3.8) is 0 Å². The zero-order valence-corrected chi connectivity index (χ0v) is 13.6. The molecule has 0 aliphatic rings. The highest BCUT2D eigenvalue weighted by Gasteiger charge is 2.13. The van der Waals surface area contributed by atoms with Crippen molar-refractivity contribution in [1.82, 2.24) is 14.9 Å². The zero-order valence-electron chi connectivity index (χ0n) is 12.8. The number of carbonyl (C=O) groups is 1. The van der Waals surface area contributed by atoms with Crippen molar-refractivity contribution >= 4 is 15.9 Å². The van der Waals surface area contributed by atoms with Gasteiger partial charge in [-0.1, -0.05) is 6.92 Å². The lowest BCUT2D eigenvalue weighted by molar-refractivity contribution is -0.121. The van der Waals surface area contributed by atoms with Gasteiger partial charge in [-0.05, 0) is 19.9 Å². The molecule has 8 heteroatoms. The molecule has 1 amide bonds. The monoisotopic (exact) mass is 309 g/mol. The van der Waals surface area contributed by atoms with Crippen LogP contribution in [-0.4, -0.2) is 70.8 Å². The summed E-state index contributed by atoms with van der Waals surface area (Å²) >= 11 is 0. The van der Waals surface area contributed by atoms with E-state index in [4.69, 9.17) is 4.74 Å². The normalized spacial score (nSPS) is 13.4. The average molecular weight is 309 g/mol. The van der Waals surface area contributed by atoms with Gasteiger partial charge < -0.3 is 15.4 Å². The number of carbonyl (C=O) groups excluding carboxylic acids is 1. The third kappa shape index (κ3) is 9.24. The van der Waals surface area contributed by atoms with Gasteiger partial charge >= 0.3 is 0 Å². The molecule has 0 spiro atoms.